The molecule has 1 aromatic heterocycles. The molecular weight excluding hydrogens is 361 g/mol. The van der Waals surface area contributed by atoms with E-state index in [9.17, 15) is 18.0 Å². The zero-order valence-electron chi connectivity index (χ0n) is 13.8. The van der Waals surface area contributed by atoms with E-state index < -0.39 is 28.8 Å². The summed E-state index contributed by atoms with van der Waals surface area (Å²) in [5.41, 5.74) is -0.782. The Morgan fingerprint density at radius 2 is 2.08 bits per heavy atom. The second-order valence-corrected chi connectivity index (χ2v) is 7.45. The molecule has 9 heteroatoms. The first-order valence-electron chi connectivity index (χ1n) is 7.60. The number of benzene rings is 1. The largest absolute Gasteiger partial charge is 0.491 e. The molecule has 0 aliphatic heterocycles. The second kappa shape index (κ2) is 5.79. The fraction of sp³-hybridized carbons (Fsp3) is 0.500. The average Bonchev–Trinajstić information content (AvgIpc) is 2.88. The Morgan fingerprint density at radius 1 is 1.44 bits per heavy atom. The number of ether oxygens (including phenoxy) is 1. The molecule has 0 bridgehead atoms. The Balaban J connectivity index is 1.93. The van der Waals surface area contributed by atoms with Crippen LogP contribution >= 0.6 is 11.6 Å². The lowest BCUT2D eigenvalue weighted by molar-refractivity contribution is 0.0856. The third-order valence-electron chi connectivity index (χ3n) is 3.81. The van der Waals surface area contributed by atoms with E-state index in [0.29, 0.717) is 0 Å². The Kier molecular flexibility index (Phi) is 4.14. The molecule has 1 aliphatic carbocycles. The van der Waals surface area contributed by atoms with Gasteiger partial charge in [-0.05, 0) is 6.07 Å². The van der Waals surface area contributed by atoms with Gasteiger partial charge in [0.05, 0.1) is 17.5 Å². The lowest BCUT2D eigenvalue weighted by Crippen LogP contribution is -2.16. The molecule has 136 valence electrons. The molecular formula is C16H16ClF3N2O3. The standard InChI is InChI=1S/C16H16ClF3N2O3/c1-15(2,3)13-21-22(14(23)25-13)11-5-12(9(17)4-10(11)18)24-7-8-6-16(8,19)20/h4-5,8H,6-7H2,1-3H3. The van der Waals surface area contributed by atoms with Gasteiger partial charge in [-0.2, -0.15) is 4.68 Å². The van der Waals surface area contributed by atoms with Gasteiger partial charge >= 0.3 is 5.76 Å². The van der Waals surface area contributed by atoms with E-state index in [1.807, 2.05) is 0 Å². The van der Waals surface area contributed by atoms with Gasteiger partial charge in [-0.15, -0.1) is 5.10 Å². The van der Waals surface area contributed by atoms with Crippen LogP contribution in [0.4, 0.5) is 13.2 Å². The van der Waals surface area contributed by atoms with E-state index in [1.165, 1.54) is 0 Å². The van der Waals surface area contributed by atoms with Crippen molar-refractivity contribution >= 4 is 11.6 Å². The van der Waals surface area contributed by atoms with Crippen molar-refractivity contribution in [3.05, 3.63) is 39.4 Å². The third-order valence-corrected chi connectivity index (χ3v) is 4.11. The molecule has 0 saturated heterocycles. The third kappa shape index (κ3) is 3.53. The van der Waals surface area contributed by atoms with E-state index in [-0.39, 0.29) is 35.4 Å². The van der Waals surface area contributed by atoms with Crippen molar-refractivity contribution in [3.63, 3.8) is 0 Å². The summed E-state index contributed by atoms with van der Waals surface area (Å²) in [6, 6.07) is 2.09. The molecule has 1 unspecified atom stereocenters. The highest BCUT2D eigenvalue weighted by Crippen LogP contribution is 2.48. The molecule has 0 amide bonds. The molecule has 1 heterocycles. The van der Waals surface area contributed by atoms with E-state index in [4.69, 9.17) is 20.8 Å². The number of rotatable bonds is 4. The summed E-state index contributed by atoms with van der Waals surface area (Å²) in [6.45, 7) is 5.10. The molecule has 1 fully saturated rings. The second-order valence-electron chi connectivity index (χ2n) is 7.04. The number of halogens is 4. The van der Waals surface area contributed by atoms with Crippen molar-refractivity contribution in [2.24, 2.45) is 5.92 Å². The Morgan fingerprint density at radius 3 is 2.60 bits per heavy atom. The molecule has 1 aromatic carbocycles. The van der Waals surface area contributed by atoms with Crippen molar-refractivity contribution in [3.8, 4) is 11.4 Å². The molecule has 0 N–H and O–H groups in total. The smallest absolute Gasteiger partial charge is 0.442 e. The zero-order chi connectivity index (χ0) is 18.6. The van der Waals surface area contributed by atoms with Gasteiger partial charge in [0.25, 0.3) is 5.92 Å². The van der Waals surface area contributed by atoms with Crippen LogP contribution in [0.5, 0.6) is 5.75 Å². The van der Waals surface area contributed by atoms with Gasteiger partial charge in [-0.3, -0.25) is 0 Å². The van der Waals surface area contributed by atoms with Gasteiger partial charge in [-0.25, -0.2) is 18.0 Å². The minimum absolute atomic E-state index is 0.00650. The summed E-state index contributed by atoms with van der Waals surface area (Å²) in [7, 11) is 0. The van der Waals surface area contributed by atoms with Gasteiger partial charge < -0.3 is 9.15 Å². The van der Waals surface area contributed by atoms with Crippen molar-refractivity contribution in [2.45, 2.75) is 38.5 Å². The normalized spacial score (nSPS) is 19.1. The van der Waals surface area contributed by atoms with Crippen molar-refractivity contribution in [1.82, 2.24) is 9.78 Å². The van der Waals surface area contributed by atoms with Gasteiger partial charge in [0.15, 0.2) is 5.82 Å². The highest BCUT2D eigenvalue weighted by atomic mass is 35.5. The number of aromatic nitrogens is 2. The van der Waals surface area contributed by atoms with E-state index in [2.05, 4.69) is 5.10 Å². The number of hydrogen-bond acceptors (Lipinski definition) is 4. The fourth-order valence-corrected chi connectivity index (χ4v) is 2.37. The Labute approximate surface area is 146 Å². The minimum atomic E-state index is -2.74. The first-order chi connectivity index (χ1) is 11.5. The summed E-state index contributed by atoms with van der Waals surface area (Å²) >= 11 is 5.90. The topological polar surface area (TPSA) is 57.3 Å². The van der Waals surface area contributed by atoms with Crippen LogP contribution in [0.2, 0.25) is 5.02 Å². The van der Waals surface area contributed by atoms with Crippen LogP contribution in [0.1, 0.15) is 33.1 Å². The van der Waals surface area contributed by atoms with Crippen molar-refractivity contribution < 1.29 is 22.3 Å². The number of hydrogen-bond donors (Lipinski definition) is 0. The quantitative estimate of drug-likeness (QED) is 0.810. The predicted molar refractivity (Wildman–Crippen MR) is 84.3 cm³/mol. The molecule has 5 nitrogen and oxygen atoms in total. The van der Waals surface area contributed by atoms with Gasteiger partial charge in [0, 0.05) is 17.9 Å². The maximum Gasteiger partial charge on any atom is 0.442 e. The first-order valence-corrected chi connectivity index (χ1v) is 7.97. The van der Waals surface area contributed by atoms with Crippen molar-refractivity contribution in [1.29, 1.82) is 0 Å². The van der Waals surface area contributed by atoms with Gasteiger partial charge in [-0.1, -0.05) is 32.4 Å². The Hall–Kier alpha value is -1.96. The van der Waals surface area contributed by atoms with E-state index in [1.54, 1.807) is 20.8 Å². The highest BCUT2D eigenvalue weighted by molar-refractivity contribution is 6.32. The van der Waals surface area contributed by atoms with Gasteiger partial charge in [0.2, 0.25) is 5.89 Å². The SMILES string of the molecule is CC(C)(C)c1nn(-c2cc(OCC3CC3(F)F)c(Cl)cc2F)c(=O)o1. The van der Waals surface area contributed by atoms with Crippen LogP contribution < -0.4 is 10.5 Å². The zero-order valence-corrected chi connectivity index (χ0v) is 14.5. The number of alkyl halides is 2. The van der Waals surface area contributed by atoms with Crippen LogP contribution in [-0.2, 0) is 5.41 Å². The minimum Gasteiger partial charge on any atom is -0.491 e. The molecule has 3 rings (SSSR count). The monoisotopic (exact) mass is 376 g/mol. The van der Waals surface area contributed by atoms with Crippen molar-refractivity contribution in [2.75, 3.05) is 6.61 Å². The molecule has 1 aliphatic rings. The summed E-state index contributed by atoms with van der Waals surface area (Å²) in [6.07, 6.45) is -0.254. The van der Waals surface area contributed by atoms with Crippen LogP contribution in [-0.4, -0.2) is 22.3 Å². The molecule has 2 aromatic rings. The molecule has 1 saturated carbocycles. The summed E-state index contributed by atoms with van der Waals surface area (Å²) in [5, 5.41) is 3.91. The summed E-state index contributed by atoms with van der Waals surface area (Å²) < 4.78 is 51.2. The maximum absolute atomic E-state index is 14.2. The lowest BCUT2D eigenvalue weighted by Gasteiger charge is -2.12. The molecule has 25 heavy (non-hydrogen) atoms. The van der Waals surface area contributed by atoms with Crippen LogP contribution in [0, 0.1) is 11.7 Å². The fourth-order valence-electron chi connectivity index (χ4n) is 2.17. The highest BCUT2D eigenvalue weighted by Gasteiger charge is 2.57. The predicted octanol–water partition coefficient (Wildman–Crippen LogP) is 3.95. The molecule has 1 atom stereocenters. The summed E-state index contributed by atoms with van der Waals surface area (Å²) in [4.78, 5) is 12.0. The summed E-state index contributed by atoms with van der Waals surface area (Å²) in [5.74, 6) is -5.19. The van der Waals surface area contributed by atoms with Crippen LogP contribution in [0.25, 0.3) is 5.69 Å². The lowest BCUT2D eigenvalue weighted by atomic mass is 9.97. The van der Waals surface area contributed by atoms with Gasteiger partial charge in [0.1, 0.15) is 11.4 Å². The average molecular weight is 377 g/mol. The van der Waals surface area contributed by atoms with E-state index in [0.717, 1.165) is 16.8 Å². The molecule has 0 radical (unpaired) electrons. The van der Waals surface area contributed by atoms with Crippen LogP contribution in [0.3, 0.4) is 0 Å². The molecule has 0 spiro atoms. The van der Waals surface area contributed by atoms with Crippen LogP contribution in [0.15, 0.2) is 21.3 Å². The number of nitrogens with zero attached hydrogens (tertiary/aromatic N) is 2. The van der Waals surface area contributed by atoms with E-state index >= 15 is 0 Å². The maximum atomic E-state index is 14.2. The Bertz CT molecular complexity index is 870. The first kappa shape index (κ1) is 17.8.